The fraction of sp³-hybridized carbons (Fsp3) is 0.167. The molecule has 2 rings (SSSR count). The molecule has 0 aliphatic rings. The van der Waals surface area contributed by atoms with Crippen molar-refractivity contribution in [3.05, 3.63) is 41.7 Å². The minimum atomic E-state index is 0.469. The Morgan fingerprint density at radius 1 is 1.18 bits per heavy atom. The molecule has 3 N–H and O–H groups in total. The Morgan fingerprint density at radius 2 is 2.00 bits per heavy atom. The van der Waals surface area contributed by atoms with Gasteiger partial charge in [0.2, 0.25) is 5.88 Å². The number of aryl methyl sites for hydroxylation is 2. The van der Waals surface area contributed by atoms with E-state index >= 15 is 0 Å². The zero-order chi connectivity index (χ0) is 12.3. The molecule has 0 bridgehead atoms. The van der Waals surface area contributed by atoms with E-state index in [0.29, 0.717) is 17.5 Å². The highest BCUT2D eigenvalue weighted by Crippen LogP contribution is 2.21. The first kappa shape index (κ1) is 11.3. The van der Waals surface area contributed by atoms with Crippen molar-refractivity contribution >= 4 is 5.82 Å². The largest absolute Gasteiger partial charge is 0.439 e. The van der Waals surface area contributed by atoms with Crippen LogP contribution < -0.4 is 16.0 Å². The quantitative estimate of drug-likeness (QED) is 0.624. The van der Waals surface area contributed by atoms with Gasteiger partial charge in [-0.05, 0) is 31.5 Å². The van der Waals surface area contributed by atoms with Crippen molar-refractivity contribution in [2.24, 2.45) is 5.84 Å². The summed E-state index contributed by atoms with van der Waals surface area (Å²) in [5.41, 5.74) is 3.60. The monoisotopic (exact) mass is 230 g/mol. The van der Waals surface area contributed by atoms with E-state index in [-0.39, 0.29) is 0 Å². The molecule has 0 amide bonds. The lowest BCUT2D eigenvalue weighted by atomic mass is 10.2. The molecule has 88 valence electrons. The summed E-state index contributed by atoms with van der Waals surface area (Å²) in [6, 6.07) is 9.40. The molecule has 17 heavy (non-hydrogen) atoms. The second-order valence-electron chi connectivity index (χ2n) is 3.70. The van der Waals surface area contributed by atoms with Gasteiger partial charge in [-0.25, -0.2) is 10.8 Å². The van der Waals surface area contributed by atoms with Crippen molar-refractivity contribution in [3.63, 3.8) is 0 Å². The highest BCUT2D eigenvalue weighted by molar-refractivity contribution is 5.39. The van der Waals surface area contributed by atoms with Crippen LogP contribution in [0.5, 0.6) is 11.6 Å². The van der Waals surface area contributed by atoms with Crippen molar-refractivity contribution < 1.29 is 4.74 Å². The number of ether oxygens (including phenoxy) is 1. The first-order valence-electron chi connectivity index (χ1n) is 5.24. The summed E-state index contributed by atoms with van der Waals surface area (Å²) in [5.74, 6) is 7.65. The van der Waals surface area contributed by atoms with Crippen LogP contribution in [-0.4, -0.2) is 9.97 Å². The van der Waals surface area contributed by atoms with Gasteiger partial charge in [-0.1, -0.05) is 12.1 Å². The molecule has 1 aromatic heterocycles. The van der Waals surface area contributed by atoms with Crippen molar-refractivity contribution in [2.45, 2.75) is 13.8 Å². The summed E-state index contributed by atoms with van der Waals surface area (Å²) in [6.07, 6.45) is 0. The number of nitrogens with zero attached hydrogens (tertiary/aromatic N) is 2. The number of nitrogen functional groups attached to an aromatic ring is 1. The zero-order valence-electron chi connectivity index (χ0n) is 9.77. The van der Waals surface area contributed by atoms with Gasteiger partial charge in [0.15, 0.2) is 0 Å². The van der Waals surface area contributed by atoms with Gasteiger partial charge in [0.1, 0.15) is 17.4 Å². The van der Waals surface area contributed by atoms with Gasteiger partial charge in [-0.15, -0.1) is 0 Å². The SMILES string of the molecule is Cc1cccc(Oc2cc(NN)nc(C)n2)c1. The number of aromatic nitrogens is 2. The lowest BCUT2D eigenvalue weighted by Gasteiger charge is -2.07. The number of hydrazine groups is 1. The van der Waals surface area contributed by atoms with Gasteiger partial charge in [-0.2, -0.15) is 4.98 Å². The van der Waals surface area contributed by atoms with Crippen LogP contribution in [-0.2, 0) is 0 Å². The predicted molar refractivity (Wildman–Crippen MR) is 65.8 cm³/mol. The molecule has 2 aromatic rings. The van der Waals surface area contributed by atoms with Crippen molar-refractivity contribution in [2.75, 3.05) is 5.43 Å². The van der Waals surface area contributed by atoms with E-state index in [1.807, 2.05) is 31.2 Å². The lowest BCUT2D eigenvalue weighted by Crippen LogP contribution is -2.09. The van der Waals surface area contributed by atoms with Gasteiger partial charge in [0, 0.05) is 6.07 Å². The second-order valence-corrected chi connectivity index (χ2v) is 3.70. The average molecular weight is 230 g/mol. The van der Waals surface area contributed by atoms with E-state index < -0.39 is 0 Å². The molecule has 0 unspecified atom stereocenters. The van der Waals surface area contributed by atoms with E-state index in [1.165, 1.54) is 0 Å². The maximum absolute atomic E-state index is 5.64. The van der Waals surface area contributed by atoms with Crippen molar-refractivity contribution in [1.82, 2.24) is 9.97 Å². The van der Waals surface area contributed by atoms with Gasteiger partial charge >= 0.3 is 0 Å². The molecule has 0 atom stereocenters. The highest BCUT2D eigenvalue weighted by Gasteiger charge is 2.03. The van der Waals surface area contributed by atoms with Crippen LogP contribution in [0.1, 0.15) is 11.4 Å². The van der Waals surface area contributed by atoms with Crippen molar-refractivity contribution in [3.8, 4) is 11.6 Å². The fourth-order valence-corrected chi connectivity index (χ4v) is 1.47. The van der Waals surface area contributed by atoms with E-state index in [9.17, 15) is 0 Å². The second kappa shape index (κ2) is 4.80. The topological polar surface area (TPSA) is 73.1 Å². The van der Waals surface area contributed by atoms with Crippen LogP contribution in [0.3, 0.4) is 0 Å². The molecular formula is C12H14N4O. The Labute approximate surface area is 99.6 Å². The third-order valence-electron chi connectivity index (χ3n) is 2.17. The molecular weight excluding hydrogens is 216 g/mol. The summed E-state index contributed by atoms with van der Waals surface area (Å²) in [6.45, 7) is 3.79. The maximum Gasteiger partial charge on any atom is 0.224 e. The maximum atomic E-state index is 5.64. The molecule has 5 heteroatoms. The molecule has 0 radical (unpaired) electrons. The molecule has 5 nitrogen and oxygen atoms in total. The Kier molecular flexibility index (Phi) is 3.20. The van der Waals surface area contributed by atoms with Gasteiger partial charge in [-0.3, -0.25) is 0 Å². The number of nitrogens with two attached hydrogens (primary N) is 1. The number of hydrogen-bond acceptors (Lipinski definition) is 5. The summed E-state index contributed by atoms with van der Waals surface area (Å²) in [5, 5.41) is 0. The molecule has 0 fully saturated rings. The Hall–Kier alpha value is -2.14. The van der Waals surface area contributed by atoms with Crippen LogP contribution in [0.4, 0.5) is 5.82 Å². The van der Waals surface area contributed by atoms with Crippen LogP contribution >= 0.6 is 0 Å². The number of hydrogen-bond donors (Lipinski definition) is 2. The molecule has 1 heterocycles. The van der Waals surface area contributed by atoms with Gasteiger partial charge in [0.05, 0.1) is 0 Å². The minimum Gasteiger partial charge on any atom is -0.439 e. The average Bonchev–Trinajstić information content (AvgIpc) is 2.28. The van der Waals surface area contributed by atoms with Crippen LogP contribution in [0, 0.1) is 13.8 Å². The fourth-order valence-electron chi connectivity index (χ4n) is 1.47. The molecule has 0 saturated carbocycles. The normalized spacial score (nSPS) is 10.1. The smallest absolute Gasteiger partial charge is 0.224 e. The summed E-state index contributed by atoms with van der Waals surface area (Å²) in [4.78, 5) is 8.26. The number of anilines is 1. The van der Waals surface area contributed by atoms with Crippen molar-refractivity contribution in [1.29, 1.82) is 0 Å². The number of nitrogens with one attached hydrogen (secondary N) is 1. The number of rotatable bonds is 3. The first-order chi connectivity index (χ1) is 8.17. The third kappa shape index (κ3) is 2.92. The van der Waals surface area contributed by atoms with Crippen LogP contribution in [0.25, 0.3) is 0 Å². The molecule has 0 saturated heterocycles. The highest BCUT2D eigenvalue weighted by atomic mass is 16.5. The van der Waals surface area contributed by atoms with Gasteiger partial charge in [0.25, 0.3) is 0 Å². The Morgan fingerprint density at radius 3 is 2.71 bits per heavy atom. The van der Waals surface area contributed by atoms with Crippen LogP contribution in [0.2, 0.25) is 0 Å². The Balaban J connectivity index is 2.26. The van der Waals surface area contributed by atoms with E-state index in [2.05, 4.69) is 15.4 Å². The third-order valence-corrected chi connectivity index (χ3v) is 2.17. The summed E-state index contributed by atoms with van der Waals surface area (Å²) in [7, 11) is 0. The zero-order valence-corrected chi connectivity index (χ0v) is 9.77. The van der Waals surface area contributed by atoms with E-state index in [1.54, 1.807) is 13.0 Å². The lowest BCUT2D eigenvalue weighted by molar-refractivity contribution is 0.460. The molecule has 0 spiro atoms. The van der Waals surface area contributed by atoms with E-state index in [0.717, 1.165) is 11.3 Å². The Bertz CT molecular complexity index is 528. The summed E-state index contributed by atoms with van der Waals surface area (Å²) >= 11 is 0. The van der Waals surface area contributed by atoms with Gasteiger partial charge < -0.3 is 10.2 Å². The number of benzene rings is 1. The first-order valence-corrected chi connectivity index (χ1v) is 5.24. The van der Waals surface area contributed by atoms with E-state index in [4.69, 9.17) is 10.6 Å². The molecule has 1 aromatic carbocycles. The molecule has 0 aliphatic carbocycles. The minimum absolute atomic E-state index is 0.469. The van der Waals surface area contributed by atoms with Crippen LogP contribution in [0.15, 0.2) is 30.3 Å². The summed E-state index contributed by atoms with van der Waals surface area (Å²) < 4.78 is 5.64. The predicted octanol–water partition coefficient (Wildman–Crippen LogP) is 2.17. The standard InChI is InChI=1S/C12H14N4O/c1-8-4-3-5-10(6-8)17-12-7-11(16-13)14-9(2)15-12/h3-7H,13H2,1-2H3,(H,14,15,16). The molecule has 0 aliphatic heterocycles.